The van der Waals surface area contributed by atoms with Crippen LogP contribution in [0, 0.1) is 5.41 Å². The molecule has 0 aromatic carbocycles. The fourth-order valence-electron chi connectivity index (χ4n) is 2.08. The molecule has 0 radical (unpaired) electrons. The van der Waals surface area contributed by atoms with E-state index in [0.29, 0.717) is 32.4 Å². The molecule has 0 spiro atoms. The predicted molar refractivity (Wildman–Crippen MR) is 59.8 cm³/mol. The van der Waals surface area contributed by atoms with Crippen LogP contribution in [0.25, 0.3) is 0 Å². The van der Waals surface area contributed by atoms with E-state index in [2.05, 4.69) is 0 Å². The van der Waals surface area contributed by atoms with Gasteiger partial charge < -0.3 is 15.7 Å². The number of carbonyl (C=O) groups is 2. The van der Waals surface area contributed by atoms with Crippen LogP contribution in [0.3, 0.4) is 0 Å². The molecule has 1 aliphatic rings. The summed E-state index contributed by atoms with van der Waals surface area (Å²) in [7, 11) is 0. The average Bonchev–Trinajstić information content (AvgIpc) is 2.72. The zero-order valence-electron chi connectivity index (χ0n) is 9.90. The minimum absolute atomic E-state index is 0.126. The van der Waals surface area contributed by atoms with Gasteiger partial charge in [0, 0.05) is 13.1 Å². The van der Waals surface area contributed by atoms with Gasteiger partial charge in [-0.05, 0) is 19.3 Å². The van der Waals surface area contributed by atoms with Crippen molar-refractivity contribution < 1.29 is 14.7 Å². The number of carbonyl (C=O) groups excluding carboxylic acids is 1. The van der Waals surface area contributed by atoms with E-state index < -0.39 is 17.4 Å². The molecular formula is C11H20N2O3. The molecule has 16 heavy (non-hydrogen) atoms. The van der Waals surface area contributed by atoms with Gasteiger partial charge in [0.2, 0.25) is 5.91 Å². The van der Waals surface area contributed by atoms with E-state index >= 15 is 0 Å². The monoisotopic (exact) mass is 228 g/mol. The summed E-state index contributed by atoms with van der Waals surface area (Å²) in [5, 5.41) is 9.19. The second-order valence-electron chi connectivity index (χ2n) is 4.46. The number of rotatable bonds is 4. The molecule has 1 fully saturated rings. The number of hydrogen-bond acceptors (Lipinski definition) is 3. The van der Waals surface area contributed by atoms with E-state index in [-0.39, 0.29) is 5.91 Å². The molecule has 0 aromatic heterocycles. The highest BCUT2D eigenvalue weighted by atomic mass is 16.4. The number of hydrogen-bond donors (Lipinski definition) is 2. The summed E-state index contributed by atoms with van der Waals surface area (Å²) >= 11 is 0. The Labute approximate surface area is 95.6 Å². The summed E-state index contributed by atoms with van der Waals surface area (Å²) < 4.78 is 0. The third kappa shape index (κ3) is 2.19. The van der Waals surface area contributed by atoms with E-state index in [9.17, 15) is 14.7 Å². The van der Waals surface area contributed by atoms with E-state index in [4.69, 9.17) is 5.73 Å². The van der Waals surface area contributed by atoms with Crippen LogP contribution in [0.4, 0.5) is 0 Å². The second kappa shape index (κ2) is 4.82. The number of nitrogens with two attached hydrogens (primary N) is 1. The maximum atomic E-state index is 11.8. The normalized spacial score (nSPS) is 26.8. The van der Waals surface area contributed by atoms with Crippen molar-refractivity contribution in [1.29, 1.82) is 0 Å². The van der Waals surface area contributed by atoms with Gasteiger partial charge in [0.15, 0.2) is 0 Å². The molecule has 1 heterocycles. The number of aliphatic carboxylic acids is 1. The molecule has 5 nitrogen and oxygen atoms in total. The lowest BCUT2D eigenvalue weighted by molar-refractivity contribution is -0.148. The van der Waals surface area contributed by atoms with Gasteiger partial charge in [-0.25, -0.2) is 0 Å². The first-order valence-electron chi connectivity index (χ1n) is 5.74. The van der Waals surface area contributed by atoms with Gasteiger partial charge in [-0.3, -0.25) is 9.59 Å². The Morgan fingerprint density at radius 1 is 1.50 bits per heavy atom. The lowest BCUT2D eigenvalue weighted by Crippen LogP contribution is -2.44. The molecule has 1 unspecified atom stereocenters. The molecule has 0 saturated carbocycles. The molecule has 5 heteroatoms. The lowest BCUT2D eigenvalue weighted by atomic mass is 9.84. The highest BCUT2D eigenvalue weighted by molar-refractivity contribution is 5.84. The summed E-state index contributed by atoms with van der Waals surface area (Å²) in [4.78, 5) is 24.6. The largest absolute Gasteiger partial charge is 0.481 e. The molecule has 3 N–H and O–H groups in total. The zero-order chi connectivity index (χ0) is 12.3. The van der Waals surface area contributed by atoms with Crippen LogP contribution in [0.5, 0.6) is 0 Å². The van der Waals surface area contributed by atoms with Crippen LogP contribution in [-0.2, 0) is 9.59 Å². The maximum absolute atomic E-state index is 11.8. The molecule has 0 aliphatic carbocycles. The predicted octanol–water partition coefficient (Wildman–Crippen LogP) is 0.437. The topological polar surface area (TPSA) is 83.6 Å². The Balaban J connectivity index is 2.71. The van der Waals surface area contributed by atoms with Gasteiger partial charge in [-0.15, -0.1) is 0 Å². The van der Waals surface area contributed by atoms with Crippen LogP contribution in [0.1, 0.15) is 33.1 Å². The van der Waals surface area contributed by atoms with Crippen LogP contribution < -0.4 is 5.73 Å². The Hall–Kier alpha value is -1.10. The van der Waals surface area contributed by atoms with Crippen molar-refractivity contribution in [3.63, 3.8) is 0 Å². The van der Waals surface area contributed by atoms with Gasteiger partial charge in [-0.1, -0.05) is 13.8 Å². The number of carboxylic acid groups (broad SMARTS) is 1. The lowest BCUT2D eigenvalue weighted by Gasteiger charge is -2.24. The Morgan fingerprint density at radius 2 is 2.12 bits per heavy atom. The third-order valence-electron chi connectivity index (χ3n) is 3.55. The molecular weight excluding hydrogens is 208 g/mol. The number of carboxylic acids is 1. The van der Waals surface area contributed by atoms with E-state index in [1.807, 2.05) is 13.8 Å². The fraction of sp³-hybridized carbons (Fsp3) is 0.818. The zero-order valence-corrected chi connectivity index (χ0v) is 9.90. The van der Waals surface area contributed by atoms with Crippen LogP contribution >= 0.6 is 0 Å². The molecule has 1 saturated heterocycles. The summed E-state index contributed by atoms with van der Waals surface area (Å²) in [6.45, 7) is 4.50. The van der Waals surface area contributed by atoms with Crippen molar-refractivity contribution in [2.24, 2.45) is 11.1 Å². The average molecular weight is 228 g/mol. The second-order valence-corrected chi connectivity index (χ2v) is 4.46. The van der Waals surface area contributed by atoms with Gasteiger partial charge in [-0.2, -0.15) is 0 Å². The van der Waals surface area contributed by atoms with Gasteiger partial charge in [0.05, 0.1) is 11.5 Å². The van der Waals surface area contributed by atoms with E-state index in [0.717, 1.165) is 0 Å². The first-order valence-corrected chi connectivity index (χ1v) is 5.74. The highest BCUT2D eigenvalue weighted by Crippen LogP contribution is 2.34. The minimum atomic E-state index is -0.810. The van der Waals surface area contributed by atoms with Crippen LogP contribution in [0.2, 0.25) is 0 Å². The Kier molecular flexibility index (Phi) is 3.91. The van der Waals surface area contributed by atoms with Crippen molar-refractivity contribution in [2.75, 3.05) is 13.1 Å². The van der Waals surface area contributed by atoms with Crippen molar-refractivity contribution in [3.8, 4) is 0 Å². The fourth-order valence-corrected chi connectivity index (χ4v) is 2.08. The van der Waals surface area contributed by atoms with Gasteiger partial charge in [0.25, 0.3) is 0 Å². The summed E-state index contributed by atoms with van der Waals surface area (Å²) in [6.07, 6.45) is 1.66. The first kappa shape index (κ1) is 13.0. The maximum Gasteiger partial charge on any atom is 0.311 e. The summed E-state index contributed by atoms with van der Waals surface area (Å²) in [5.41, 5.74) is 4.90. The molecule has 0 aromatic rings. The minimum Gasteiger partial charge on any atom is -0.481 e. The highest BCUT2D eigenvalue weighted by Gasteiger charge is 2.45. The molecule has 1 aliphatic heterocycles. The molecule has 92 valence electrons. The molecule has 2 atom stereocenters. The summed E-state index contributed by atoms with van der Waals surface area (Å²) in [6, 6.07) is -0.499. The van der Waals surface area contributed by atoms with E-state index in [1.54, 1.807) is 4.90 Å². The SMILES string of the molecule is CC[C@@H](N)C(=O)N1CCC(CC)(C(=O)O)C1. The third-order valence-corrected chi connectivity index (χ3v) is 3.55. The van der Waals surface area contributed by atoms with E-state index in [1.165, 1.54) is 0 Å². The van der Waals surface area contributed by atoms with Gasteiger partial charge in [0.1, 0.15) is 0 Å². The standard InChI is InChI=1S/C11H20N2O3/c1-3-8(12)9(14)13-6-5-11(4-2,7-13)10(15)16/h8H,3-7,12H2,1-2H3,(H,15,16)/t8-,11?/m1/s1. The smallest absolute Gasteiger partial charge is 0.311 e. The van der Waals surface area contributed by atoms with Crippen molar-refractivity contribution >= 4 is 11.9 Å². The molecule has 0 bridgehead atoms. The Morgan fingerprint density at radius 3 is 2.50 bits per heavy atom. The quantitative estimate of drug-likeness (QED) is 0.731. The van der Waals surface area contributed by atoms with Gasteiger partial charge >= 0.3 is 5.97 Å². The van der Waals surface area contributed by atoms with Crippen LogP contribution in [0.15, 0.2) is 0 Å². The number of amides is 1. The Bertz CT molecular complexity index is 293. The van der Waals surface area contributed by atoms with Crippen molar-refractivity contribution in [1.82, 2.24) is 4.90 Å². The molecule has 1 rings (SSSR count). The first-order chi connectivity index (χ1) is 7.46. The van der Waals surface area contributed by atoms with Crippen molar-refractivity contribution in [3.05, 3.63) is 0 Å². The number of likely N-dealkylation sites (tertiary alicyclic amines) is 1. The number of nitrogens with zero attached hydrogens (tertiary/aromatic N) is 1. The van der Waals surface area contributed by atoms with Crippen LogP contribution in [-0.4, -0.2) is 41.0 Å². The summed E-state index contributed by atoms with van der Waals surface area (Å²) in [5.74, 6) is -0.936. The molecule has 1 amide bonds. The van der Waals surface area contributed by atoms with Crippen molar-refractivity contribution in [2.45, 2.75) is 39.2 Å².